The monoisotopic (exact) mass is 282 g/mol. The maximum Gasteiger partial charge on any atom is 0.186 e. The number of pyridine rings is 1. The second kappa shape index (κ2) is 4.63. The lowest BCUT2D eigenvalue weighted by molar-refractivity contribution is 0.0989. The summed E-state index contributed by atoms with van der Waals surface area (Å²) in [5.74, 6) is 0.0201. The third-order valence-corrected chi connectivity index (χ3v) is 3.08. The normalized spacial score (nSPS) is 10.2. The minimum absolute atomic E-state index is 0.0201. The van der Waals surface area contributed by atoms with Gasteiger partial charge >= 0.3 is 0 Å². The Morgan fingerprint density at radius 3 is 2.87 bits per heavy atom. The van der Waals surface area contributed by atoms with Gasteiger partial charge < -0.3 is 0 Å². The fraction of sp³-hybridized carbons (Fsp3) is 0.100. The molecule has 0 spiro atoms. The van der Waals surface area contributed by atoms with E-state index in [9.17, 15) is 4.79 Å². The molecule has 2 rings (SSSR count). The van der Waals surface area contributed by atoms with Crippen LogP contribution in [0.3, 0.4) is 0 Å². The summed E-state index contributed by atoms with van der Waals surface area (Å²) in [4.78, 5) is 20.7. The number of carbonyl (C=O) groups excluding carboxylic acids is 1. The van der Waals surface area contributed by atoms with Crippen LogP contribution in [0.2, 0.25) is 0 Å². The molecule has 0 aliphatic rings. The van der Waals surface area contributed by atoms with Crippen molar-refractivity contribution in [2.24, 2.45) is 0 Å². The van der Waals surface area contributed by atoms with Crippen LogP contribution >= 0.6 is 27.3 Å². The molecule has 76 valence electrons. The molecule has 3 nitrogen and oxygen atoms in total. The Morgan fingerprint density at radius 1 is 1.40 bits per heavy atom. The summed E-state index contributed by atoms with van der Waals surface area (Å²) in [6.07, 6.45) is 3.71. The van der Waals surface area contributed by atoms with Crippen LogP contribution in [0.1, 0.15) is 15.4 Å². The van der Waals surface area contributed by atoms with Crippen molar-refractivity contribution in [1.29, 1.82) is 0 Å². The molecule has 0 unspecified atom stereocenters. The Labute approximate surface area is 99.3 Å². The highest BCUT2D eigenvalue weighted by Crippen LogP contribution is 2.12. The molecule has 0 aliphatic carbocycles. The van der Waals surface area contributed by atoms with Crippen LogP contribution in [-0.2, 0) is 6.42 Å². The van der Waals surface area contributed by atoms with Gasteiger partial charge in [0.25, 0.3) is 0 Å². The molecule has 0 radical (unpaired) electrons. The first-order valence-corrected chi connectivity index (χ1v) is 5.95. The van der Waals surface area contributed by atoms with Crippen LogP contribution < -0.4 is 0 Å². The molecule has 0 saturated carbocycles. The number of thiazole rings is 1. The van der Waals surface area contributed by atoms with Crippen LogP contribution in [0.15, 0.2) is 34.5 Å². The van der Waals surface area contributed by atoms with Gasteiger partial charge in [0.1, 0.15) is 5.69 Å². The third kappa shape index (κ3) is 2.70. The number of hydrogen-bond acceptors (Lipinski definition) is 4. The van der Waals surface area contributed by atoms with E-state index in [0.717, 1.165) is 9.35 Å². The fourth-order valence-corrected chi connectivity index (χ4v) is 1.95. The number of aromatic nitrogens is 2. The molecule has 2 heterocycles. The Bertz CT molecular complexity index is 453. The molecular weight excluding hydrogens is 276 g/mol. The lowest BCUT2D eigenvalue weighted by Crippen LogP contribution is -2.04. The van der Waals surface area contributed by atoms with Gasteiger partial charge in [-0.1, -0.05) is 0 Å². The van der Waals surface area contributed by atoms with Gasteiger partial charge in [-0.3, -0.25) is 14.8 Å². The zero-order chi connectivity index (χ0) is 10.7. The van der Waals surface area contributed by atoms with Gasteiger partial charge in [0.2, 0.25) is 0 Å². The molecule has 0 fully saturated rings. The van der Waals surface area contributed by atoms with E-state index in [-0.39, 0.29) is 5.78 Å². The standard InChI is InChI=1S/C10H7BrN2OS/c11-7-1-2-9(13-4-7)10(14)3-8-5-12-6-15-8/h1-2,4-6H,3H2. The van der Waals surface area contributed by atoms with Crippen LogP contribution in [-0.4, -0.2) is 15.8 Å². The van der Waals surface area contributed by atoms with Crippen molar-refractivity contribution >= 4 is 33.0 Å². The van der Waals surface area contributed by atoms with E-state index in [4.69, 9.17) is 0 Å². The van der Waals surface area contributed by atoms with Gasteiger partial charge in [-0.15, -0.1) is 11.3 Å². The maximum absolute atomic E-state index is 11.7. The molecule has 2 aromatic rings. The predicted octanol–water partition coefficient (Wildman–Crippen LogP) is 2.73. The number of Topliss-reactive ketones (excluding diaryl/α,β-unsaturated/α-hetero) is 1. The number of hydrogen-bond donors (Lipinski definition) is 0. The highest BCUT2D eigenvalue weighted by Gasteiger charge is 2.08. The van der Waals surface area contributed by atoms with Crippen molar-refractivity contribution in [1.82, 2.24) is 9.97 Å². The Hall–Kier alpha value is -1.07. The van der Waals surface area contributed by atoms with Crippen molar-refractivity contribution in [3.8, 4) is 0 Å². The minimum Gasteiger partial charge on any atom is -0.292 e. The smallest absolute Gasteiger partial charge is 0.186 e. The van der Waals surface area contributed by atoms with E-state index in [2.05, 4.69) is 25.9 Å². The van der Waals surface area contributed by atoms with Crippen molar-refractivity contribution in [3.63, 3.8) is 0 Å². The summed E-state index contributed by atoms with van der Waals surface area (Å²) in [6, 6.07) is 3.53. The lowest BCUT2D eigenvalue weighted by atomic mass is 10.2. The predicted molar refractivity (Wildman–Crippen MR) is 62.1 cm³/mol. The van der Waals surface area contributed by atoms with Gasteiger partial charge in [-0.2, -0.15) is 0 Å². The molecule has 0 atom stereocenters. The van der Waals surface area contributed by atoms with E-state index < -0.39 is 0 Å². The summed E-state index contributed by atoms with van der Waals surface area (Å²) in [5.41, 5.74) is 2.21. The molecule has 0 saturated heterocycles. The van der Waals surface area contributed by atoms with Crippen LogP contribution in [0.4, 0.5) is 0 Å². The summed E-state index contributed by atoms with van der Waals surface area (Å²) >= 11 is 4.75. The summed E-state index contributed by atoms with van der Waals surface area (Å²) in [5, 5.41) is 0. The molecule has 0 amide bonds. The zero-order valence-electron chi connectivity index (χ0n) is 7.68. The van der Waals surface area contributed by atoms with E-state index in [1.54, 1.807) is 24.0 Å². The number of carbonyl (C=O) groups is 1. The van der Waals surface area contributed by atoms with Crippen molar-refractivity contribution in [3.05, 3.63) is 45.1 Å². The van der Waals surface area contributed by atoms with Crippen LogP contribution in [0, 0.1) is 0 Å². The Morgan fingerprint density at radius 2 is 2.27 bits per heavy atom. The minimum atomic E-state index is 0.0201. The molecule has 0 bridgehead atoms. The number of halogens is 1. The van der Waals surface area contributed by atoms with E-state index in [1.165, 1.54) is 11.3 Å². The first kappa shape index (κ1) is 10.4. The molecule has 0 N–H and O–H groups in total. The van der Waals surface area contributed by atoms with Crippen molar-refractivity contribution in [2.75, 3.05) is 0 Å². The average molecular weight is 283 g/mol. The van der Waals surface area contributed by atoms with Crippen LogP contribution in [0.25, 0.3) is 0 Å². The quantitative estimate of drug-likeness (QED) is 0.813. The average Bonchev–Trinajstić information content (AvgIpc) is 2.71. The summed E-state index contributed by atoms with van der Waals surface area (Å²) in [6.45, 7) is 0. The second-order valence-electron chi connectivity index (χ2n) is 2.93. The molecule has 0 aromatic carbocycles. The van der Waals surface area contributed by atoms with Gasteiger partial charge in [0, 0.05) is 28.2 Å². The summed E-state index contributed by atoms with van der Waals surface area (Å²) in [7, 11) is 0. The molecule has 0 aliphatic heterocycles. The largest absolute Gasteiger partial charge is 0.292 e. The first-order valence-electron chi connectivity index (χ1n) is 4.28. The lowest BCUT2D eigenvalue weighted by Gasteiger charge is -1.97. The number of ketones is 1. The molecule has 2 aromatic heterocycles. The van der Waals surface area contributed by atoms with Crippen molar-refractivity contribution in [2.45, 2.75) is 6.42 Å². The second-order valence-corrected chi connectivity index (χ2v) is 4.82. The Kier molecular flexibility index (Phi) is 3.23. The molecule has 5 heteroatoms. The van der Waals surface area contributed by atoms with E-state index in [1.807, 2.05) is 6.07 Å². The van der Waals surface area contributed by atoms with E-state index in [0.29, 0.717) is 12.1 Å². The highest BCUT2D eigenvalue weighted by atomic mass is 79.9. The van der Waals surface area contributed by atoms with Crippen molar-refractivity contribution < 1.29 is 4.79 Å². The zero-order valence-corrected chi connectivity index (χ0v) is 10.1. The SMILES string of the molecule is O=C(Cc1cncs1)c1ccc(Br)cn1. The van der Waals surface area contributed by atoms with Gasteiger partial charge in [0.15, 0.2) is 5.78 Å². The number of nitrogens with zero attached hydrogens (tertiary/aromatic N) is 2. The maximum atomic E-state index is 11.7. The third-order valence-electron chi connectivity index (χ3n) is 1.83. The first-order chi connectivity index (χ1) is 7.25. The highest BCUT2D eigenvalue weighted by molar-refractivity contribution is 9.10. The van der Waals surface area contributed by atoms with Gasteiger partial charge in [-0.25, -0.2) is 0 Å². The van der Waals surface area contributed by atoms with E-state index >= 15 is 0 Å². The number of rotatable bonds is 3. The van der Waals surface area contributed by atoms with Crippen LogP contribution in [0.5, 0.6) is 0 Å². The van der Waals surface area contributed by atoms with Gasteiger partial charge in [-0.05, 0) is 28.1 Å². The summed E-state index contributed by atoms with van der Waals surface area (Å²) < 4.78 is 0.872. The Balaban J connectivity index is 2.11. The fourth-order valence-electron chi connectivity index (χ4n) is 1.12. The topological polar surface area (TPSA) is 42.9 Å². The van der Waals surface area contributed by atoms with Gasteiger partial charge in [0.05, 0.1) is 5.51 Å². The molecule has 15 heavy (non-hydrogen) atoms. The molecular formula is C10H7BrN2OS.